The maximum Gasteiger partial charge on any atom is 0.322 e. The Kier molecular flexibility index (Phi) is 12.1. The fourth-order valence-corrected chi connectivity index (χ4v) is 7.42. The number of hydrogen-bond acceptors (Lipinski definition) is 10. The summed E-state index contributed by atoms with van der Waals surface area (Å²) in [5.41, 5.74) is 4.59. The number of carboxylic acid groups (broad SMARTS) is 1. The van der Waals surface area contributed by atoms with Gasteiger partial charge in [-0.15, -0.1) is 11.3 Å². The zero-order valence-electron chi connectivity index (χ0n) is 26.7. The van der Waals surface area contributed by atoms with Gasteiger partial charge in [0, 0.05) is 53.3 Å². The van der Waals surface area contributed by atoms with Crippen LogP contribution in [0.15, 0.2) is 83.1 Å². The molecule has 1 aliphatic heterocycles. The van der Waals surface area contributed by atoms with Gasteiger partial charge in [-0.25, -0.2) is 9.87 Å². The van der Waals surface area contributed by atoms with Crippen LogP contribution in [0.1, 0.15) is 30.0 Å². The van der Waals surface area contributed by atoms with Gasteiger partial charge < -0.3 is 14.7 Å². The van der Waals surface area contributed by atoms with Crippen LogP contribution in [-0.4, -0.2) is 68.1 Å². The van der Waals surface area contributed by atoms with Gasteiger partial charge in [-0.1, -0.05) is 44.0 Å². The topological polar surface area (TPSA) is 131 Å². The monoisotopic (exact) mass is 708 g/mol. The molecule has 2 heterocycles. The van der Waals surface area contributed by atoms with Gasteiger partial charge in [-0.2, -0.15) is 21.8 Å². The van der Waals surface area contributed by atoms with Crippen LogP contribution in [0.25, 0.3) is 11.3 Å². The molecular formula is C34H36N4O7S3. The van der Waals surface area contributed by atoms with Crippen molar-refractivity contribution in [2.45, 2.75) is 31.4 Å². The van der Waals surface area contributed by atoms with E-state index < -0.39 is 22.2 Å². The Labute approximate surface area is 289 Å². The van der Waals surface area contributed by atoms with Crippen molar-refractivity contribution in [1.29, 1.82) is 0 Å². The first kappa shape index (κ1) is 35.4. The minimum absolute atomic E-state index is 0.252. The van der Waals surface area contributed by atoms with Crippen molar-refractivity contribution in [1.82, 2.24) is 14.0 Å². The minimum atomic E-state index is -3.91. The van der Waals surface area contributed by atoms with Gasteiger partial charge in [0.25, 0.3) is 10.2 Å². The summed E-state index contributed by atoms with van der Waals surface area (Å²) in [6, 6.07) is 22.3. The summed E-state index contributed by atoms with van der Waals surface area (Å²) in [4.78, 5) is 23.8. The highest BCUT2D eigenvalue weighted by atomic mass is 32.2. The molecule has 0 amide bonds. The third kappa shape index (κ3) is 9.57. The standard InChI is InChI=1S/C34H36N4O7S3/c1-24(2)33(34(39)40)36-48(41,42)38-19-17-37(18-20-38)28-12-7-25(8-13-28)11-16-32-35-31(23-46-32)27-5-4-6-29(21-27)44-22-26-9-14-30(15-10-26)47-45-43-3/h4-10,12-15,21,23-24,33,36H,17-20,22H2,1-3H3,(H,39,40)/t33-/m1/s1. The Hall–Kier alpha value is -3.94. The smallest absolute Gasteiger partial charge is 0.322 e. The van der Waals surface area contributed by atoms with E-state index in [-0.39, 0.29) is 19.0 Å². The van der Waals surface area contributed by atoms with E-state index in [0.29, 0.717) is 24.7 Å². The first-order chi connectivity index (χ1) is 23.1. The van der Waals surface area contributed by atoms with Gasteiger partial charge in [-0.3, -0.25) is 4.79 Å². The Bertz CT molecular complexity index is 1850. The molecule has 14 heteroatoms. The van der Waals surface area contributed by atoms with Gasteiger partial charge in [0.05, 0.1) is 24.8 Å². The van der Waals surface area contributed by atoms with Crippen molar-refractivity contribution in [2.75, 3.05) is 38.2 Å². The molecule has 0 unspecified atom stereocenters. The van der Waals surface area contributed by atoms with Gasteiger partial charge in [0.1, 0.15) is 18.4 Å². The highest BCUT2D eigenvalue weighted by Crippen LogP contribution is 2.27. The van der Waals surface area contributed by atoms with Crippen molar-refractivity contribution in [3.05, 3.63) is 94.3 Å². The van der Waals surface area contributed by atoms with E-state index in [1.165, 1.54) is 22.8 Å². The Balaban J connectivity index is 1.14. The molecular weight excluding hydrogens is 673 g/mol. The van der Waals surface area contributed by atoms with E-state index in [9.17, 15) is 18.3 Å². The zero-order valence-corrected chi connectivity index (χ0v) is 29.1. The van der Waals surface area contributed by atoms with E-state index >= 15 is 0 Å². The van der Waals surface area contributed by atoms with Crippen molar-refractivity contribution in [2.24, 2.45) is 5.92 Å². The fourth-order valence-electron chi connectivity index (χ4n) is 4.86. The number of anilines is 1. The van der Waals surface area contributed by atoms with Crippen LogP contribution < -0.4 is 14.4 Å². The molecule has 252 valence electrons. The summed E-state index contributed by atoms with van der Waals surface area (Å²) >= 11 is 2.62. The number of piperazine rings is 1. The highest BCUT2D eigenvalue weighted by molar-refractivity contribution is 7.94. The number of aliphatic carboxylic acids is 1. The van der Waals surface area contributed by atoms with Crippen LogP contribution in [-0.2, 0) is 30.8 Å². The summed E-state index contributed by atoms with van der Waals surface area (Å²) in [6.45, 7) is 5.23. The van der Waals surface area contributed by atoms with Crippen LogP contribution in [0.4, 0.5) is 5.69 Å². The van der Waals surface area contributed by atoms with Crippen LogP contribution >= 0.6 is 23.4 Å². The lowest BCUT2D eigenvalue weighted by atomic mass is 10.1. The van der Waals surface area contributed by atoms with Crippen molar-refractivity contribution >= 4 is 45.2 Å². The summed E-state index contributed by atoms with van der Waals surface area (Å²) in [5, 5.41) is 12.0. The average molecular weight is 709 g/mol. The number of nitrogens with zero attached hydrogens (tertiary/aromatic N) is 3. The van der Waals surface area contributed by atoms with Gasteiger partial charge in [0.15, 0.2) is 5.01 Å². The third-order valence-corrected chi connectivity index (χ3v) is 10.5. The highest BCUT2D eigenvalue weighted by Gasteiger charge is 2.33. The number of benzene rings is 3. The molecule has 11 nitrogen and oxygen atoms in total. The number of carbonyl (C=O) groups is 1. The lowest BCUT2D eigenvalue weighted by Gasteiger charge is -2.36. The first-order valence-electron chi connectivity index (χ1n) is 15.1. The molecule has 5 rings (SSSR count). The minimum Gasteiger partial charge on any atom is -0.489 e. The maximum absolute atomic E-state index is 12.8. The second-order valence-electron chi connectivity index (χ2n) is 11.2. The average Bonchev–Trinajstić information content (AvgIpc) is 3.58. The van der Waals surface area contributed by atoms with Gasteiger partial charge in [-0.05, 0) is 65.9 Å². The van der Waals surface area contributed by atoms with Crippen LogP contribution in [0.5, 0.6) is 5.75 Å². The summed E-state index contributed by atoms with van der Waals surface area (Å²) < 4.78 is 40.1. The van der Waals surface area contributed by atoms with Gasteiger partial charge >= 0.3 is 5.97 Å². The second-order valence-corrected chi connectivity index (χ2v) is 14.5. The molecule has 1 atom stereocenters. The first-order valence-corrected chi connectivity index (χ1v) is 18.2. The number of hydrogen-bond donors (Lipinski definition) is 2. The van der Waals surface area contributed by atoms with E-state index in [0.717, 1.165) is 50.8 Å². The molecule has 1 saturated heterocycles. The third-order valence-electron chi connectivity index (χ3n) is 7.49. The molecule has 0 aliphatic carbocycles. The molecule has 48 heavy (non-hydrogen) atoms. The van der Waals surface area contributed by atoms with E-state index in [1.54, 1.807) is 13.8 Å². The number of ether oxygens (including phenoxy) is 1. The molecule has 1 aliphatic rings. The van der Waals surface area contributed by atoms with Crippen molar-refractivity contribution in [3.8, 4) is 28.8 Å². The second kappa shape index (κ2) is 16.4. The van der Waals surface area contributed by atoms with Crippen LogP contribution in [0.3, 0.4) is 0 Å². The molecule has 0 bridgehead atoms. The Morgan fingerprint density at radius 3 is 2.44 bits per heavy atom. The fraction of sp³-hybridized carbons (Fsp3) is 0.294. The lowest BCUT2D eigenvalue weighted by molar-refractivity contribution is -0.160. The molecule has 0 spiro atoms. The molecule has 2 N–H and O–H groups in total. The Morgan fingerprint density at radius 2 is 1.77 bits per heavy atom. The zero-order chi connectivity index (χ0) is 34.1. The van der Waals surface area contributed by atoms with E-state index in [2.05, 4.69) is 26.4 Å². The van der Waals surface area contributed by atoms with E-state index in [1.807, 2.05) is 78.2 Å². The molecule has 0 saturated carbocycles. The van der Waals surface area contributed by atoms with Crippen molar-refractivity contribution < 1.29 is 32.3 Å². The number of carboxylic acids is 1. The normalized spacial score (nSPS) is 14.4. The quantitative estimate of drug-likeness (QED) is 0.0802. The number of rotatable bonds is 13. The number of nitrogens with one attached hydrogen (secondary N) is 1. The van der Waals surface area contributed by atoms with Crippen LogP contribution in [0.2, 0.25) is 0 Å². The largest absolute Gasteiger partial charge is 0.489 e. The van der Waals surface area contributed by atoms with E-state index in [4.69, 9.17) is 14.1 Å². The number of thiazole rings is 1. The number of aromatic nitrogens is 1. The summed E-state index contributed by atoms with van der Waals surface area (Å²) in [7, 11) is -2.45. The molecule has 4 aromatic rings. The van der Waals surface area contributed by atoms with Gasteiger partial charge in [0.2, 0.25) is 0 Å². The molecule has 1 aromatic heterocycles. The lowest BCUT2D eigenvalue weighted by Crippen LogP contribution is -2.55. The molecule has 3 aromatic carbocycles. The Morgan fingerprint density at radius 1 is 1.04 bits per heavy atom. The predicted molar refractivity (Wildman–Crippen MR) is 187 cm³/mol. The molecule has 1 fully saturated rings. The predicted octanol–water partition coefficient (Wildman–Crippen LogP) is 5.44. The summed E-state index contributed by atoms with van der Waals surface area (Å²) in [6.07, 6.45) is 0. The van der Waals surface area contributed by atoms with Crippen LogP contribution in [0, 0.1) is 17.8 Å². The SMILES string of the molecule is COOSc1ccc(COc2cccc(-c3csc(C#Cc4ccc(N5CCN(S(=O)(=O)N[C@@H](C(=O)O)C(C)C)CC5)cc4)n3)c2)cc1. The summed E-state index contributed by atoms with van der Waals surface area (Å²) in [5.74, 6) is 5.51. The van der Waals surface area contributed by atoms with Crippen molar-refractivity contribution in [3.63, 3.8) is 0 Å². The maximum atomic E-state index is 12.8. The molecule has 0 radical (unpaired) electrons.